The van der Waals surface area contributed by atoms with Crippen molar-refractivity contribution in [2.24, 2.45) is 50.2 Å². The molecule has 6 rings (SSSR count). The average molecular weight is 697 g/mol. The van der Waals surface area contributed by atoms with E-state index in [1.807, 2.05) is 20.8 Å². The summed E-state index contributed by atoms with van der Waals surface area (Å²) < 4.78 is 11.4. The van der Waals surface area contributed by atoms with E-state index in [2.05, 4.69) is 19.9 Å². The van der Waals surface area contributed by atoms with E-state index in [4.69, 9.17) is 9.47 Å². The Hall–Kier alpha value is -1.68. The van der Waals surface area contributed by atoms with Gasteiger partial charge in [0.25, 0.3) is 0 Å². The quantitative estimate of drug-likeness (QED) is 0.141. The number of rotatable bonds is 5. The molecular formula is C36H56O13. The number of hydrogen-bond acceptors (Lipinski definition) is 12. The molecule has 16 atom stereocenters. The summed E-state index contributed by atoms with van der Waals surface area (Å²) in [6.45, 7) is 8.77. The van der Waals surface area contributed by atoms with Crippen LogP contribution in [0, 0.1) is 50.2 Å². The van der Waals surface area contributed by atoms with Gasteiger partial charge < -0.3 is 55.4 Å². The fourth-order valence-corrected chi connectivity index (χ4v) is 12.1. The van der Waals surface area contributed by atoms with Crippen LogP contribution >= 0.6 is 0 Å². The van der Waals surface area contributed by atoms with Crippen molar-refractivity contribution in [2.45, 2.75) is 135 Å². The number of allylic oxidation sites excluding steroid dienone is 1. The number of aliphatic carboxylic acids is 1. The van der Waals surface area contributed by atoms with Crippen LogP contribution in [0.15, 0.2) is 11.6 Å². The fourth-order valence-electron chi connectivity index (χ4n) is 12.1. The molecule has 4 saturated carbocycles. The minimum atomic E-state index is -1.92. The molecule has 13 nitrogen and oxygen atoms in total. The molecule has 5 fully saturated rings. The van der Waals surface area contributed by atoms with E-state index in [9.17, 15) is 55.5 Å². The standard InChI is InChI=1S/C36H56O13/c1-31(2)10-12-35(30(47)49-28-25(42)24(41)23(40)19(15-37)48-28)13-11-33(4)17(22(35)27(31)44)6-7-20-32(3)14-18(39)26(43)36(16-38,29(45)46)21(32)8-9-34(20,33)5/h6,18-28,37-44H,7-16H2,1-5H3,(H,45,46)/t18-,19-,20-,21-,22-,23-,24+,25-,26+,27+,28+,32-,33-,34-,35+,36+/m1/s1. The summed E-state index contributed by atoms with van der Waals surface area (Å²) in [5.41, 5.74) is -4.57. The van der Waals surface area contributed by atoms with Gasteiger partial charge in [-0.25, -0.2) is 0 Å². The minimum Gasteiger partial charge on any atom is -0.481 e. The van der Waals surface area contributed by atoms with Crippen molar-refractivity contribution in [2.75, 3.05) is 13.2 Å². The summed E-state index contributed by atoms with van der Waals surface area (Å²) in [6.07, 6.45) is -6.49. The number of fused-ring (bicyclic) bond motifs is 7. The molecular weight excluding hydrogens is 640 g/mol. The highest BCUT2D eigenvalue weighted by molar-refractivity contribution is 5.79. The molecule has 13 heteroatoms. The summed E-state index contributed by atoms with van der Waals surface area (Å²) in [5.74, 6) is -3.45. The molecule has 0 unspecified atom stereocenters. The Morgan fingerprint density at radius 3 is 2.12 bits per heavy atom. The number of esters is 1. The van der Waals surface area contributed by atoms with E-state index in [-0.39, 0.29) is 12.3 Å². The number of carboxylic acid groups (broad SMARTS) is 1. The largest absolute Gasteiger partial charge is 0.481 e. The topological polar surface area (TPSA) is 235 Å². The molecule has 0 aromatic rings. The molecule has 0 spiro atoms. The molecule has 0 aromatic heterocycles. The second-order valence-electron chi connectivity index (χ2n) is 17.7. The Labute approximate surface area is 286 Å². The second kappa shape index (κ2) is 11.9. The molecule has 278 valence electrons. The summed E-state index contributed by atoms with van der Waals surface area (Å²) in [7, 11) is 0. The highest BCUT2D eigenvalue weighted by Gasteiger charge is 2.73. The first kappa shape index (κ1) is 37.1. The van der Waals surface area contributed by atoms with Crippen molar-refractivity contribution in [3.63, 3.8) is 0 Å². The molecule has 49 heavy (non-hydrogen) atoms. The third kappa shape index (κ3) is 4.76. The monoisotopic (exact) mass is 696 g/mol. The molecule has 1 heterocycles. The lowest BCUT2D eigenvalue weighted by Gasteiger charge is -2.71. The van der Waals surface area contributed by atoms with Crippen LogP contribution in [0.5, 0.6) is 0 Å². The summed E-state index contributed by atoms with van der Waals surface area (Å²) >= 11 is 0. The lowest BCUT2D eigenvalue weighted by atomic mass is 9.33. The lowest BCUT2D eigenvalue weighted by Crippen LogP contribution is -2.71. The van der Waals surface area contributed by atoms with Crippen LogP contribution in [0.3, 0.4) is 0 Å². The van der Waals surface area contributed by atoms with Crippen LogP contribution in [0.4, 0.5) is 0 Å². The average Bonchev–Trinajstić information content (AvgIpc) is 3.04. The van der Waals surface area contributed by atoms with Crippen molar-refractivity contribution in [3.05, 3.63) is 11.6 Å². The van der Waals surface area contributed by atoms with Crippen LogP contribution in [0.2, 0.25) is 0 Å². The van der Waals surface area contributed by atoms with E-state index >= 15 is 0 Å². The third-order valence-electron chi connectivity index (χ3n) is 15.4. The van der Waals surface area contributed by atoms with Gasteiger partial charge in [0.2, 0.25) is 6.29 Å². The summed E-state index contributed by atoms with van der Waals surface area (Å²) in [5, 5.41) is 96.3. The van der Waals surface area contributed by atoms with Gasteiger partial charge in [0.15, 0.2) is 0 Å². The van der Waals surface area contributed by atoms with E-state index in [0.717, 1.165) is 5.57 Å². The smallest absolute Gasteiger partial charge is 0.315 e. The number of carbonyl (C=O) groups is 2. The van der Waals surface area contributed by atoms with Crippen LogP contribution in [0.1, 0.15) is 86.0 Å². The maximum Gasteiger partial charge on any atom is 0.315 e. The van der Waals surface area contributed by atoms with Gasteiger partial charge >= 0.3 is 11.9 Å². The number of hydrogen-bond donors (Lipinski definition) is 9. The normalized spacial score (nSPS) is 53.6. The fraction of sp³-hybridized carbons (Fsp3) is 0.889. The summed E-state index contributed by atoms with van der Waals surface area (Å²) in [6, 6.07) is 0. The van der Waals surface area contributed by atoms with E-state index < -0.39 is 118 Å². The van der Waals surface area contributed by atoms with E-state index in [1.165, 1.54) is 0 Å². The predicted molar refractivity (Wildman–Crippen MR) is 171 cm³/mol. The molecule has 9 N–H and O–H groups in total. The van der Waals surface area contributed by atoms with Gasteiger partial charge in [-0.3, -0.25) is 9.59 Å². The van der Waals surface area contributed by atoms with Crippen molar-refractivity contribution < 1.29 is 65.0 Å². The second-order valence-corrected chi connectivity index (χ2v) is 17.7. The number of carbonyl (C=O) groups excluding carboxylic acids is 1. The Kier molecular flexibility index (Phi) is 9.03. The zero-order chi connectivity index (χ0) is 36.3. The number of carboxylic acids is 1. The van der Waals surface area contributed by atoms with Gasteiger partial charge in [-0.2, -0.15) is 0 Å². The first-order valence-corrected chi connectivity index (χ1v) is 17.8. The number of aliphatic hydroxyl groups is 8. The Bertz CT molecular complexity index is 1370. The molecule has 0 bridgehead atoms. The van der Waals surface area contributed by atoms with E-state index in [0.29, 0.717) is 44.9 Å². The van der Waals surface area contributed by atoms with Crippen molar-refractivity contribution >= 4 is 11.9 Å². The molecule has 5 aliphatic carbocycles. The molecule has 1 saturated heterocycles. The minimum absolute atomic E-state index is 0.151. The van der Waals surface area contributed by atoms with Crippen LogP contribution in [-0.2, 0) is 19.1 Å². The van der Waals surface area contributed by atoms with Gasteiger partial charge in [-0.05, 0) is 84.9 Å². The molecule has 0 radical (unpaired) electrons. The van der Waals surface area contributed by atoms with Crippen molar-refractivity contribution in [1.29, 1.82) is 0 Å². The maximum absolute atomic E-state index is 14.4. The third-order valence-corrected chi connectivity index (χ3v) is 15.4. The maximum atomic E-state index is 14.4. The molecule has 0 amide bonds. The van der Waals surface area contributed by atoms with Gasteiger partial charge in [-0.1, -0.05) is 46.3 Å². The van der Waals surface area contributed by atoms with Crippen LogP contribution in [-0.4, -0.2) is 120 Å². The highest BCUT2D eigenvalue weighted by atomic mass is 16.7. The first-order chi connectivity index (χ1) is 22.7. The molecule has 6 aliphatic rings. The Morgan fingerprint density at radius 1 is 0.857 bits per heavy atom. The van der Waals surface area contributed by atoms with E-state index in [1.54, 1.807) is 0 Å². The van der Waals surface area contributed by atoms with Crippen LogP contribution < -0.4 is 0 Å². The predicted octanol–water partition coefficient (Wildman–Crippen LogP) is 0.471. The SMILES string of the molecule is CC1(C)CC[C@]2(C(=O)O[C@@H]3O[C@H](CO)[C@@H](O)[C@H](O)[C@H]3O)CC[C@]3(C)C(=CC[C@@H]4[C@@]5(C)C[C@@H](O)[C@H](O)[C@@](CO)(C(=O)O)[C@@H]5CC[C@]43C)[C@@H]2[C@@H]1O. The summed E-state index contributed by atoms with van der Waals surface area (Å²) in [4.78, 5) is 27.2. The van der Waals surface area contributed by atoms with Crippen LogP contribution in [0.25, 0.3) is 0 Å². The Balaban J connectivity index is 1.40. The van der Waals surface area contributed by atoms with Gasteiger partial charge in [0, 0.05) is 5.92 Å². The van der Waals surface area contributed by atoms with Crippen molar-refractivity contribution in [1.82, 2.24) is 0 Å². The molecule has 1 aliphatic heterocycles. The first-order valence-electron chi connectivity index (χ1n) is 17.8. The lowest BCUT2D eigenvalue weighted by molar-refractivity contribution is -0.298. The molecule has 0 aromatic carbocycles. The number of aliphatic hydroxyl groups excluding tert-OH is 8. The highest BCUT2D eigenvalue weighted by Crippen LogP contribution is 2.76. The van der Waals surface area contributed by atoms with Crippen molar-refractivity contribution in [3.8, 4) is 0 Å². The zero-order valence-electron chi connectivity index (χ0n) is 29.2. The zero-order valence-corrected chi connectivity index (χ0v) is 29.2. The Morgan fingerprint density at radius 2 is 1.51 bits per heavy atom. The number of ether oxygens (including phenoxy) is 2. The van der Waals surface area contributed by atoms with Gasteiger partial charge in [0.1, 0.15) is 29.8 Å². The van der Waals surface area contributed by atoms with Gasteiger partial charge in [0.05, 0.1) is 36.9 Å². The van der Waals surface area contributed by atoms with Gasteiger partial charge in [-0.15, -0.1) is 0 Å².